The van der Waals surface area contributed by atoms with Crippen LogP contribution in [0.2, 0.25) is 0 Å². The Morgan fingerprint density at radius 3 is 2.27 bits per heavy atom. The average Bonchev–Trinajstić information content (AvgIpc) is 3.21. The quantitative estimate of drug-likeness (QED) is 0.185. The highest BCUT2D eigenvalue weighted by Gasteiger charge is 2.41. The molecule has 186 valence electrons. The lowest BCUT2D eigenvalue weighted by atomic mass is 10.0. The van der Waals surface area contributed by atoms with Crippen molar-refractivity contribution in [2.24, 2.45) is 17.4 Å². The number of aliphatic carboxylic acids is 2. The first-order valence-corrected chi connectivity index (χ1v) is 10.7. The van der Waals surface area contributed by atoms with Gasteiger partial charge in [0.1, 0.15) is 18.2 Å². The van der Waals surface area contributed by atoms with Crippen molar-refractivity contribution in [1.29, 1.82) is 0 Å². The van der Waals surface area contributed by atoms with E-state index in [4.69, 9.17) is 16.6 Å². The van der Waals surface area contributed by atoms with Gasteiger partial charge in [0, 0.05) is 19.4 Å². The number of carboxylic acid groups (broad SMARTS) is 2. The van der Waals surface area contributed by atoms with Crippen molar-refractivity contribution in [3.63, 3.8) is 0 Å². The van der Waals surface area contributed by atoms with Crippen LogP contribution in [-0.4, -0.2) is 86.9 Å². The zero-order valence-corrected chi connectivity index (χ0v) is 18.8. The van der Waals surface area contributed by atoms with Gasteiger partial charge in [0.2, 0.25) is 24.1 Å². The second-order valence-electron chi connectivity index (χ2n) is 8.33. The third-order valence-electron chi connectivity index (χ3n) is 5.56. The molecule has 0 saturated carbocycles. The number of primary amides is 1. The van der Waals surface area contributed by atoms with Crippen molar-refractivity contribution in [2.75, 3.05) is 6.54 Å². The van der Waals surface area contributed by atoms with Crippen molar-refractivity contribution < 1.29 is 39.0 Å². The largest absolute Gasteiger partial charge is 0.481 e. The highest BCUT2D eigenvalue weighted by atomic mass is 16.4. The summed E-state index contributed by atoms with van der Waals surface area (Å²) in [7, 11) is 0. The molecule has 0 radical (unpaired) electrons. The lowest BCUT2D eigenvalue weighted by Crippen LogP contribution is -2.58. The molecule has 4 atom stereocenters. The van der Waals surface area contributed by atoms with E-state index in [1.807, 2.05) is 0 Å². The smallest absolute Gasteiger partial charge is 0.326 e. The summed E-state index contributed by atoms with van der Waals surface area (Å²) >= 11 is 0. The van der Waals surface area contributed by atoms with Crippen molar-refractivity contribution in [2.45, 2.75) is 76.7 Å². The van der Waals surface area contributed by atoms with Crippen LogP contribution in [0.15, 0.2) is 0 Å². The topological polar surface area (TPSA) is 213 Å². The molecule has 1 heterocycles. The lowest BCUT2D eigenvalue weighted by Gasteiger charge is -2.37. The molecule has 1 rings (SSSR count). The second-order valence-corrected chi connectivity index (χ2v) is 8.33. The monoisotopic (exact) mass is 471 g/mol. The highest BCUT2D eigenvalue weighted by Crippen LogP contribution is 2.25. The molecule has 1 aliphatic rings. The maximum Gasteiger partial charge on any atom is 0.326 e. The Morgan fingerprint density at radius 2 is 1.79 bits per heavy atom. The van der Waals surface area contributed by atoms with Gasteiger partial charge in [0.05, 0.1) is 6.04 Å². The van der Waals surface area contributed by atoms with E-state index >= 15 is 0 Å². The number of hydrogen-bond donors (Lipinski definition) is 5. The number of nitrogens with zero attached hydrogens (tertiary/aromatic N) is 2. The summed E-state index contributed by atoms with van der Waals surface area (Å²) in [6, 6.07) is -3.53. The van der Waals surface area contributed by atoms with Crippen molar-refractivity contribution in [3.8, 4) is 0 Å². The minimum atomic E-state index is -1.39. The lowest BCUT2D eigenvalue weighted by molar-refractivity contribution is -0.155. The Balaban J connectivity index is 3.14. The van der Waals surface area contributed by atoms with Gasteiger partial charge in [-0.3, -0.25) is 24.0 Å². The molecule has 0 bridgehead atoms. The molecule has 4 unspecified atom stereocenters. The molecule has 0 aromatic rings. The number of nitrogens with one attached hydrogen (secondary N) is 1. The molecule has 0 aromatic heterocycles. The summed E-state index contributed by atoms with van der Waals surface area (Å²) < 4.78 is 0. The zero-order valence-electron chi connectivity index (χ0n) is 18.8. The molecule has 0 aliphatic carbocycles. The van der Waals surface area contributed by atoms with E-state index in [1.54, 1.807) is 13.8 Å². The Kier molecular flexibility index (Phi) is 10.7. The van der Waals surface area contributed by atoms with Gasteiger partial charge < -0.3 is 36.8 Å². The van der Waals surface area contributed by atoms with Gasteiger partial charge in [0.25, 0.3) is 0 Å². The minimum Gasteiger partial charge on any atom is -0.481 e. The number of amides is 4. The van der Waals surface area contributed by atoms with Gasteiger partial charge in [-0.2, -0.15) is 0 Å². The SMILES string of the molecule is CC(C)C(N)C(=O)NC(CCC(=O)O)C(=O)N1CCCC1N(C=O)C(CCC(N)=O)C(=O)O. The maximum atomic E-state index is 13.3. The van der Waals surface area contributed by atoms with Crippen LogP contribution in [-0.2, 0) is 28.8 Å². The van der Waals surface area contributed by atoms with E-state index in [-0.39, 0.29) is 38.1 Å². The van der Waals surface area contributed by atoms with Crippen LogP contribution in [0, 0.1) is 5.92 Å². The average molecular weight is 472 g/mol. The first-order valence-electron chi connectivity index (χ1n) is 10.7. The van der Waals surface area contributed by atoms with Crippen LogP contribution in [0.3, 0.4) is 0 Å². The molecule has 1 fully saturated rings. The molecule has 33 heavy (non-hydrogen) atoms. The van der Waals surface area contributed by atoms with Crippen LogP contribution < -0.4 is 16.8 Å². The van der Waals surface area contributed by atoms with Crippen LogP contribution in [0.4, 0.5) is 0 Å². The van der Waals surface area contributed by atoms with Crippen LogP contribution >= 0.6 is 0 Å². The number of hydrogen-bond acceptors (Lipinski definition) is 7. The van der Waals surface area contributed by atoms with E-state index in [1.165, 1.54) is 4.90 Å². The minimum absolute atomic E-state index is 0.172. The molecule has 13 nitrogen and oxygen atoms in total. The van der Waals surface area contributed by atoms with Crippen LogP contribution in [0.5, 0.6) is 0 Å². The molecule has 4 amide bonds. The van der Waals surface area contributed by atoms with Crippen molar-refractivity contribution >= 4 is 36.1 Å². The fraction of sp³-hybridized carbons (Fsp3) is 0.700. The second kappa shape index (κ2) is 12.7. The number of carbonyl (C=O) groups excluding carboxylic acids is 4. The van der Waals surface area contributed by atoms with E-state index in [0.717, 1.165) is 4.90 Å². The standard InChI is InChI=1S/C20H33N5O8/c1-11(2)17(22)18(30)23-12(5-8-16(28)29)19(31)24-9-3-4-15(24)25(10-26)13(20(32)33)6-7-14(21)27/h10-13,15,17H,3-9,22H2,1-2H3,(H2,21,27)(H,23,30)(H,28,29)(H,32,33). The van der Waals surface area contributed by atoms with Gasteiger partial charge in [-0.05, 0) is 31.6 Å². The van der Waals surface area contributed by atoms with E-state index in [0.29, 0.717) is 12.8 Å². The van der Waals surface area contributed by atoms with Gasteiger partial charge >= 0.3 is 11.9 Å². The Hall–Kier alpha value is -3.22. The number of carboxylic acids is 2. The fourth-order valence-corrected chi connectivity index (χ4v) is 3.64. The number of likely N-dealkylation sites (tertiary alicyclic amines) is 1. The molecule has 1 aliphatic heterocycles. The third-order valence-corrected chi connectivity index (χ3v) is 5.56. The summed E-state index contributed by atoms with van der Waals surface area (Å²) in [5.41, 5.74) is 10.9. The Morgan fingerprint density at radius 1 is 1.15 bits per heavy atom. The first-order chi connectivity index (χ1) is 15.4. The van der Waals surface area contributed by atoms with Crippen LogP contribution in [0.1, 0.15) is 52.4 Å². The number of rotatable bonds is 14. The molecular formula is C20H33N5O8. The summed E-state index contributed by atoms with van der Waals surface area (Å²) in [6.07, 6.45) is -1.03. The molecule has 0 aromatic carbocycles. The Bertz CT molecular complexity index is 759. The summed E-state index contributed by atoms with van der Waals surface area (Å²) in [5, 5.41) is 21.1. The number of nitrogens with two attached hydrogens (primary N) is 2. The molecule has 1 saturated heterocycles. The predicted molar refractivity (Wildman–Crippen MR) is 114 cm³/mol. The summed E-state index contributed by atoms with van der Waals surface area (Å²) in [4.78, 5) is 73.7. The fourth-order valence-electron chi connectivity index (χ4n) is 3.64. The van der Waals surface area contributed by atoms with Gasteiger partial charge in [-0.15, -0.1) is 0 Å². The predicted octanol–water partition coefficient (Wildman–Crippen LogP) is -1.56. The van der Waals surface area contributed by atoms with Crippen molar-refractivity contribution in [3.05, 3.63) is 0 Å². The van der Waals surface area contributed by atoms with Gasteiger partial charge in [0.15, 0.2) is 0 Å². The number of carbonyl (C=O) groups is 6. The molecule has 0 spiro atoms. The first kappa shape index (κ1) is 27.8. The summed E-state index contributed by atoms with van der Waals surface area (Å²) in [6.45, 7) is 3.61. The van der Waals surface area contributed by atoms with E-state index < -0.39 is 60.4 Å². The Labute approximate surface area is 191 Å². The maximum absolute atomic E-state index is 13.3. The van der Waals surface area contributed by atoms with E-state index in [9.17, 15) is 33.9 Å². The molecule has 13 heteroatoms. The van der Waals surface area contributed by atoms with Crippen molar-refractivity contribution in [1.82, 2.24) is 15.1 Å². The van der Waals surface area contributed by atoms with E-state index in [2.05, 4.69) is 5.32 Å². The van der Waals surface area contributed by atoms with Gasteiger partial charge in [-0.1, -0.05) is 13.8 Å². The molecular weight excluding hydrogens is 438 g/mol. The van der Waals surface area contributed by atoms with Crippen LogP contribution in [0.25, 0.3) is 0 Å². The summed E-state index contributed by atoms with van der Waals surface area (Å²) in [5.74, 6) is -4.76. The highest BCUT2D eigenvalue weighted by molar-refractivity contribution is 5.90. The zero-order chi connectivity index (χ0) is 25.3. The van der Waals surface area contributed by atoms with Gasteiger partial charge in [-0.25, -0.2) is 4.79 Å². The third kappa shape index (κ3) is 8.00. The molecule has 7 N–H and O–H groups in total. The normalized spacial score (nSPS) is 18.3.